The molecule has 0 aliphatic carbocycles. The first-order valence-electron chi connectivity index (χ1n) is 5.04. The molecule has 0 aromatic heterocycles. The van der Waals surface area contributed by atoms with Gasteiger partial charge in [-0.3, -0.25) is 5.41 Å². The van der Waals surface area contributed by atoms with Gasteiger partial charge in [-0.25, -0.2) is 0 Å². The van der Waals surface area contributed by atoms with Crippen LogP contribution in [0.3, 0.4) is 0 Å². The third kappa shape index (κ3) is 2.65. The molecule has 0 saturated heterocycles. The van der Waals surface area contributed by atoms with Crippen molar-refractivity contribution in [3.05, 3.63) is 58.6 Å². The molecule has 0 heterocycles. The predicted molar refractivity (Wildman–Crippen MR) is 71.7 cm³/mol. The molecule has 86 valence electrons. The van der Waals surface area contributed by atoms with Crippen molar-refractivity contribution in [3.8, 4) is 11.5 Å². The number of amidine groups is 1. The summed E-state index contributed by atoms with van der Waals surface area (Å²) in [5, 5.41) is 7.48. The Kier molecular flexibility index (Phi) is 3.44. The SMILES string of the molecule is N=C(N)c1ccccc1Oc1ccccc1Br. The summed E-state index contributed by atoms with van der Waals surface area (Å²) in [5.41, 5.74) is 6.08. The van der Waals surface area contributed by atoms with E-state index in [-0.39, 0.29) is 5.84 Å². The highest BCUT2D eigenvalue weighted by atomic mass is 79.9. The second kappa shape index (κ2) is 5.01. The van der Waals surface area contributed by atoms with Crippen LogP contribution in [0.5, 0.6) is 11.5 Å². The summed E-state index contributed by atoms with van der Waals surface area (Å²) in [6.07, 6.45) is 0. The first-order valence-corrected chi connectivity index (χ1v) is 5.83. The number of benzene rings is 2. The van der Waals surface area contributed by atoms with E-state index in [1.165, 1.54) is 0 Å². The predicted octanol–water partition coefficient (Wildman–Crippen LogP) is 3.53. The minimum atomic E-state index is -0.00680. The molecule has 3 N–H and O–H groups in total. The van der Waals surface area contributed by atoms with E-state index in [1.807, 2.05) is 36.4 Å². The number of para-hydroxylation sites is 2. The number of nitrogens with two attached hydrogens (primary N) is 1. The molecule has 0 fully saturated rings. The van der Waals surface area contributed by atoms with Gasteiger partial charge in [-0.15, -0.1) is 0 Å². The third-order valence-corrected chi connectivity index (χ3v) is 2.89. The smallest absolute Gasteiger partial charge is 0.141 e. The van der Waals surface area contributed by atoms with Gasteiger partial charge >= 0.3 is 0 Å². The number of hydrogen-bond acceptors (Lipinski definition) is 2. The lowest BCUT2D eigenvalue weighted by Crippen LogP contribution is -2.12. The third-order valence-electron chi connectivity index (χ3n) is 2.23. The van der Waals surface area contributed by atoms with Crippen LogP contribution in [0.1, 0.15) is 5.56 Å². The Hall–Kier alpha value is -1.81. The van der Waals surface area contributed by atoms with E-state index >= 15 is 0 Å². The molecule has 0 spiro atoms. The largest absolute Gasteiger partial charge is 0.455 e. The van der Waals surface area contributed by atoms with Gasteiger partial charge in [0.25, 0.3) is 0 Å². The fraction of sp³-hybridized carbons (Fsp3) is 0. The van der Waals surface area contributed by atoms with Crippen LogP contribution in [0.2, 0.25) is 0 Å². The van der Waals surface area contributed by atoms with Crippen LogP contribution in [-0.2, 0) is 0 Å². The van der Waals surface area contributed by atoms with Gasteiger partial charge in [-0.2, -0.15) is 0 Å². The number of nitrogens with one attached hydrogen (secondary N) is 1. The second-order valence-electron chi connectivity index (χ2n) is 3.44. The minimum absolute atomic E-state index is 0.00680. The number of hydrogen-bond donors (Lipinski definition) is 2. The van der Waals surface area contributed by atoms with Crippen molar-refractivity contribution in [2.75, 3.05) is 0 Å². The Bertz CT molecular complexity index is 555. The van der Waals surface area contributed by atoms with Crippen molar-refractivity contribution >= 4 is 21.8 Å². The van der Waals surface area contributed by atoms with E-state index in [2.05, 4.69) is 15.9 Å². The normalized spacial score (nSPS) is 9.94. The molecule has 0 radical (unpaired) electrons. The summed E-state index contributed by atoms with van der Waals surface area (Å²) in [4.78, 5) is 0. The van der Waals surface area contributed by atoms with Gasteiger partial charge in [0, 0.05) is 0 Å². The zero-order valence-electron chi connectivity index (χ0n) is 8.98. The summed E-state index contributed by atoms with van der Waals surface area (Å²) < 4.78 is 6.59. The van der Waals surface area contributed by atoms with Gasteiger partial charge < -0.3 is 10.5 Å². The van der Waals surface area contributed by atoms with Gasteiger partial charge in [0.15, 0.2) is 0 Å². The van der Waals surface area contributed by atoms with Crippen molar-refractivity contribution in [2.24, 2.45) is 5.73 Å². The molecule has 0 atom stereocenters. The summed E-state index contributed by atoms with van der Waals surface area (Å²) in [6.45, 7) is 0. The van der Waals surface area contributed by atoms with Crippen LogP contribution in [0.25, 0.3) is 0 Å². The lowest BCUT2D eigenvalue weighted by Gasteiger charge is -2.11. The Morgan fingerprint density at radius 2 is 1.59 bits per heavy atom. The van der Waals surface area contributed by atoms with Crippen LogP contribution in [0, 0.1) is 5.41 Å². The first kappa shape index (κ1) is 11.7. The van der Waals surface area contributed by atoms with Gasteiger partial charge in [0.1, 0.15) is 17.3 Å². The zero-order valence-corrected chi connectivity index (χ0v) is 10.6. The van der Waals surface area contributed by atoms with Crippen LogP contribution in [0.15, 0.2) is 53.0 Å². The van der Waals surface area contributed by atoms with E-state index in [4.69, 9.17) is 15.9 Å². The van der Waals surface area contributed by atoms with Crippen molar-refractivity contribution in [3.63, 3.8) is 0 Å². The van der Waals surface area contributed by atoms with Gasteiger partial charge in [-0.05, 0) is 40.2 Å². The molecule has 0 saturated carbocycles. The molecular weight excluding hydrogens is 280 g/mol. The van der Waals surface area contributed by atoms with E-state index in [9.17, 15) is 0 Å². The minimum Gasteiger partial charge on any atom is -0.455 e. The summed E-state index contributed by atoms with van der Waals surface area (Å²) in [5.74, 6) is 1.26. The van der Waals surface area contributed by atoms with Crippen LogP contribution in [0.4, 0.5) is 0 Å². The number of ether oxygens (including phenoxy) is 1. The van der Waals surface area contributed by atoms with Gasteiger partial charge in [0.05, 0.1) is 10.0 Å². The molecule has 0 bridgehead atoms. The maximum absolute atomic E-state index is 7.48. The fourth-order valence-electron chi connectivity index (χ4n) is 1.42. The van der Waals surface area contributed by atoms with Crippen molar-refractivity contribution < 1.29 is 4.74 Å². The highest BCUT2D eigenvalue weighted by molar-refractivity contribution is 9.10. The monoisotopic (exact) mass is 290 g/mol. The van der Waals surface area contributed by atoms with Crippen LogP contribution < -0.4 is 10.5 Å². The standard InChI is InChI=1S/C13H11BrN2O/c14-10-6-2-4-8-12(10)17-11-7-3-1-5-9(11)13(15)16/h1-8H,(H3,15,16). The molecule has 2 aromatic rings. The number of halogens is 1. The Balaban J connectivity index is 2.37. The molecule has 17 heavy (non-hydrogen) atoms. The number of rotatable bonds is 3. The van der Waals surface area contributed by atoms with Gasteiger partial charge in [0.2, 0.25) is 0 Å². The first-order chi connectivity index (χ1) is 8.18. The molecular formula is C13H11BrN2O. The Morgan fingerprint density at radius 1 is 1.00 bits per heavy atom. The average Bonchev–Trinajstić information content (AvgIpc) is 2.32. The fourth-order valence-corrected chi connectivity index (χ4v) is 1.79. The highest BCUT2D eigenvalue weighted by Gasteiger charge is 2.08. The molecule has 4 heteroatoms. The van der Waals surface area contributed by atoms with Crippen molar-refractivity contribution in [1.29, 1.82) is 5.41 Å². The lowest BCUT2D eigenvalue weighted by atomic mass is 10.2. The molecule has 2 rings (SSSR count). The Morgan fingerprint density at radius 3 is 2.24 bits per heavy atom. The molecule has 0 aliphatic rings. The second-order valence-corrected chi connectivity index (χ2v) is 4.30. The molecule has 0 unspecified atom stereocenters. The van der Waals surface area contributed by atoms with E-state index < -0.39 is 0 Å². The van der Waals surface area contributed by atoms with E-state index in [0.717, 1.165) is 4.47 Å². The molecule has 3 nitrogen and oxygen atoms in total. The summed E-state index contributed by atoms with van der Waals surface area (Å²) in [7, 11) is 0. The summed E-state index contributed by atoms with van der Waals surface area (Å²) in [6, 6.07) is 14.8. The molecule has 2 aromatic carbocycles. The quantitative estimate of drug-likeness (QED) is 0.671. The summed E-state index contributed by atoms with van der Waals surface area (Å²) >= 11 is 3.41. The van der Waals surface area contributed by atoms with Crippen LogP contribution in [-0.4, -0.2) is 5.84 Å². The van der Waals surface area contributed by atoms with Gasteiger partial charge in [-0.1, -0.05) is 24.3 Å². The topological polar surface area (TPSA) is 59.1 Å². The lowest BCUT2D eigenvalue weighted by molar-refractivity contribution is 0.478. The maximum atomic E-state index is 7.48. The Labute approximate surface area is 108 Å². The zero-order chi connectivity index (χ0) is 12.3. The van der Waals surface area contributed by atoms with Crippen molar-refractivity contribution in [2.45, 2.75) is 0 Å². The van der Waals surface area contributed by atoms with Crippen molar-refractivity contribution in [1.82, 2.24) is 0 Å². The highest BCUT2D eigenvalue weighted by Crippen LogP contribution is 2.30. The molecule has 0 amide bonds. The van der Waals surface area contributed by atoms with E-state index in [1.54, 1.807) is 12.1 Å². The van der Waals surface area contributed by atoms with Crippen LogP contribution >= 0.6 is 15.9 Å². The number of nitrogen functional groups attached to an aromatic ring is 1. The maximum Gasteiger partial charge on any atom is 0.141 e. The molecule has 0 aliphatic heterocycles. The average molecular weight is 291 g/mol. The van der Waals surface area contributed by atoms with E-state index in [0.29, 0.717) is 17.1 Å².